The third-order valence-corrected chi connectivity index (χ3v) is 5.78. The van der Waals surface area contributed by atoms with Gasteiger partial charge in [-0.3, -0.25) is 19.8 Å². The van der Waals surface area contributed by atoms with E-state index >= 15 is 0 Å². The number of anilines is 1. The Bertz CT molecular complexity index is 1370. The Morgan fingerprint density at radius 3 is 2.26 bits per heavy atom. The topological polar surface area (TPSA) is 103 Å². The van der Waals surface area contributed by atoms with E-state index in [2.05, 4.69) is 26.1 Å². The third-order valence-electron chi connectivity index (χ3n) is 5.26. The Balaban J connectivity index is 1.61. The average molecular weight is 524 g/mol. The largest absolute Gasteiger partial charge is 0.342 e. The number of amides is 1. The van der Waals surface area contributed by atoms with Gasteiger partial charge in [-0.1, -0.05) is 15.9 Å². The maximum absolute atomic E-state index is 13.6. The van der Waals surface area contributed by atoms with Gasteiger partial charge in [0.05, 0.1) is 10.6 Å². The summed E-state index contributed by atoms with van der Waals surface area (Å²) < 4.78 is 20.2. The lowest BCUT2D eigenvalue weighted by atomic mass is 10.1. The molecule has 9 nitrogen and oxygen atoms in total. The molecule has 4 aromatic rings. The Morgan fingerprint density at radius 2 is 1.62 bits per heavy atom. The van der Waals surface area contributed by atoms with Gasteiger partial charge >= 0.3 is 0 Å². The maximum Gasteiger partial charge on any atom is 0.269 e. The number of hydrogen-bond acceptors (Lipinski definition) is 6. The zero-order valence-electron chi connectivity index (χ0n) is 17.3. The Labute approximate surface area is 200 Å². The van der Waals surface area contributed by atoms with Crippen molar-refractivity contribution in [3.8, 4) is 16.9 Å². The molecule has 1 amide bonds. The van der Waals surface area contributed by atoms with E-state index in [1.807, 2.05) is 24.3 Å². The summed E-state index contributed by atoms with van der Waals surface area (Å²) in [7, 11) is 0. The van der Waals surface area contributed by atoms with Gasteiger partial charge in [-0.25, -0.2) is 4.39 Å². The van der Waals surface area contributed by atoms with Gasteiger partial charge in [-0.05, 0) is 60.7 Å². The highest BCUT2D eigenvalue weighted by atomic mass is 79.9. The standard InChI is InChI=1S/C23H15BrFN5O4/c24-15-3-7-18(8-4-15)29-26-21(14-1-5-16(25)6-2-14)22(27-29)23-28(20(31)13-34-23)17-9-11-19(12-10-17)30(32)33/h1-12,23H,13H2. The zero-order valence-corrected chi connectivity index (χ0v) is 18.9. The quantitative estimate of drug-likeness (QED) is 0.274. The van der Waals surface area contributed by atoms with E-state index in [0.717, 1.165) is 4.47 Å². The molecule has 0 N–H and O–H groups in total. The van der Waals surface area contributed by atoms with Crippen LogP contribution in [0.1, 0.15) is 11.9 Å². The molecule has 1 fully saturated rings. The number of rotatable bonds is 5. The van der Waals surface area contributed by atoms with Gasteiger partial charge in [0.15, 0.2) is 6.23 Å². The molecule has 0 bridgehead atoms. The molecule has 0 radical (unpaired) electrons. The molecular weight excluding hydrogens is 509 g/mol. The minimum atomic E-state index is -0.932. The fourth-order valence-corrected chi connectivity index (χ4v) is 3.89. The molecule has 5 rings (SSSR count). The van der Waals surface area contributed by atoms with Crippen molar-refractivity contribution >= 4 is 33.2 Å². The SMILES string of the molecule is O=C1COC(c2nn(-c3ccc(Br)cc3)nc2-c2ccc(F)cc2)N1c1ccc([N+](=O)[O-])cc1. The predicted molar refractivity (Wildman–Crippen MR) is 124 cm³/mol. The number of carbonyl (C=O) groups excluding carboxylic acids is 1. The van der Waals surface area contributed by atoms with Gasteiger partial charge in [0, 0.05) is 27.9 Å². The highest BCUT2D eigenvalue weighted by Gasteiger charge is 2.38. The van der Waals surface area contributed by atoms with Crippen molar-refractivity contribution in [2.45, 2.75) is 6.23 Å². The molecule has 11 heteroatoms. The van der Waals surface area contributed by atoms with Crippen molar-refractivity contribution in [3.63, 3.8) is 0 Å². The van der Waals surface area contributed by atoms with E-state index < -0.39 is 17.0 Å². The molecule has 2 heterocycles. The minimum absolute atomic E-state index is 0.0963. The molecule has 1 aromatic heterocycles. The van der Waals surface area contributed by atoms with E-state index in [1.165, 1.54) is 46.1 Å². The van der Waals surface area contributed by atoms with Crippen molar-refractivity contribution in [1.29, 1.82) is 0 Å². The molecule has 1 unspecified atom stereocenters. The molecule has 0 aliphatic carbocycles. The van der Waals surface area contributed by atoms with Crippen LogP contribution in [-0.2, 0) is 9.53 Å². The lowest BCUT2D eigenvalue weighted by molar-refractivity contribution is -0.384. The second kappa shape index (κ2) is 8.76. The first-order valence-electron chi connectivity index (χ1n) is 10.1. The van der Waals surface area contributed by atoms with Gasteiger partial charge < -0.3 is 4.74 Å². The summed E-state index contributed by atoms with van der Waals surface area (Å²) in [5.74, 6) is -0.729. The highest BCUT2D eigenvalue weighted by Crippen LogP contribution is 2.37. The minimum Gasteiger partial charge on any atom is -0.342 e. The van der Waals surface area contributed by atoms with Gasteiger partial charge in [0.2, 0.25) is 0 Å². The average Bonchev–Trinajstić information content (AvgIpc) is 3.44. The van der Waals surface area contributed by atoms with Crippen LogP contribution in [0, 0.1) is 15.9 Å². The van der Waals surface area contributed by atoms with Crippen molar-refractivity contribution in [2.24, 2.45) is 0 Å². The second-order valence-electron chi connectivity index (χ2n) is 7.41. The number of nitro groups is 1. The first kappa shape index (κ1) is 21.9. The van der Waals surface area contributed by atoms with E-state index in [-0.39, 0.29) is 18.2 Å². The summed E-state index contributed by atoms with van der Waals surface area (Å²) in [5.41, 5.74) is 2.34. The second-order valence-corrected chi connectivity index (χ2v) is 8.32. The van der Waals surface area contributed by atoms with Crippen LogP contribution < -0.4 is 4.90 Å². The number of nitro benzene ring substituents is 1. The molecule has 1 saturated heterocycles. The summed E-state index contributed by atoms with van der Waals surface area (Å²) in [4.78, 5) is 26.0. The molecule has 34 heavy (non-hydrogen) atoms. The van der Waals surface area contributed by atoms with Crippen LogP contribution in [0.4, 0.5) is 15.8 Å². The number of ether oxygens (including phenoxy) is 1. The van der Waals surface area contributed by atoms with E-state index in [4.69, 9.17) is 4.74 Å². The molecule has 0 spiro atoms. The normalized spacial score (nSPS) is 15.6. The van der Waals surface area contributed by atoms with Gasteiger partial charge in [0.25, 0.3) is 11.6 Å². The molecule has 170 valence electrons. The zero-order chi connectivity index (χ0) is 23.8. The lowest BCUT2D eigenvalue weighted by Gasteiger charge is -2.22. The number of halogens is 2. The molecule has 0 saturated carbocycles. The van der Waals surface area contributed by atoms with E-state index in [1.54, 1.807) is 12.1 Å². The number of nitrogens with zero attached hydrogens (tertiary/aromatic N) is 5. The van der Waals surface area contributed by atoms with Crippen LogP contribution in [0.15, 0.2) is 77.3 Å². The van der Waals surface area contributed by atoms with Crippen LogP contribution in [0.3, 0.4) is 0 Å². The number of carbonyl (C=O) groups is 1. The van der Waals surface area contributed by atoms with Gasteiger partial charge in [-0.2, -0.15) is 4.80 Å². The predicted octanol–water partition coefficient (Wildman–Crippen LogP) is 4.81. The number of benzene rings is 3. The maximum atomic E-state index is 13.6. The summed E-state index contributed by atoms with van der Waals surface area (Å²) in [6, 6.07) is 18.7. The Morgan fingerprint density at radius 1 is 0.971 bits per heavy atom. The van der Waals surface area contributed by atoms with Crippen molar-refractivity contribution in [1.82, 2.24) is 15.0 Å². The van der Waals surface area contributed by atoms with Crippen molar-refractivity contribution < 1.29 is 18.8 Å². The van der Waals surface area contributed by atoms with Crippen LogP contribution in [0.25, 0.3) is 16.9 Å². The van der Waals surface area contributed by atoms with Crippen LogP contribution >= 0.6 is 15.9 Å². The van der Waals surface area contributed by atoms with Crippen LogP contribution in [-0.4, -0.2) is 32.4 Å². The molecule has 1 aliphatic heterocycles. The van der Waals surface area contributed by atoms with Crippen molar-refractivity contribution in [2.75, 3.05) is 11.5 Å². The molecule has 1 atom stereocenters. The van der Waals surface area contributed by atoms with Gasteiger partial charge in [-0.15, -0.1) is 10.2 Å². The van der Waals surface area contributed by atoms with Crippen LogP contribution in [0.5, 0.6) is 0 Å². The lowest BCUT2D eigenvalue weighted by Crippen LogP contribution is -2.28. The van der Waals surface area contributed by atoms with Crippen LogP contribution in [0.2, 0.25) is 0 Å². The summed E-state index contributed by atoms with van der Waals surface area (Å²) in [5, 5.41) is 20.2. The first-order chi connectivity index (χ1) is 16.4. The fourth-order valence-electron chi connectivity index (χ4n) is 3.63. The molecule has 1 aliphatic rings. The summed E-state index contributed by atoms with van der Waals surface area (Å²) in [6.45, 7) is -0.199. The number of aromatic nitrogens is 3. The highest BCUT2D eigenvalue weighted by molar-refractivity contribution is 9.10. The summed E-state index contributed by atoms with van der Waals surface area (Å²) in [6.07, 6.45) is -0.932. The fraction of sp³-hybridized carbons (Fsp3) is 0.0870. The Kier molecular flexibility index (Phi) is 5.64. The number of non-ortho nitro benzene ring substituents is 1. The first-order valence-corrected chi connectivity index (χ1v) is 10.9. The Hall–Kier alpha value is -3.96. The van der Waals surface area contributed by atoms with E-state index in [0.29, 0.717) is 28.3 Å². The molecular formula is C23H15BrFN5O4. The smallest absolute Gasteiger partial charge is 0.269 e. The van der Waals surface area contributed by atoms with E-state index in [9.17, 15) is 19.3 Å². The summed E-state index contributed by atoms with van der Waals surface area (Å²) >= 11 is 3.40. The van der Waals surface area contributed by atoms with Crippen molar-refractivity contribution in [3.05, 3.63) is 98.9 Å². The monoisotopic (exact) mass is 523 g/mol. The molecule has 3 aromatic carbocycles. The van der Waals surface area contributed by atoms with Gasteiger partial charge in [0.1, 0.15) is 23.8 Å². The third kappa shape index (κ3) is 4.06. The number of hydrogen-bond donors (Lipinski definition) is 0.